The Labute approximate surface area is 251 Å². The fourth-order valence-corrected chi connectivity index (χ4v) is 6.71. The second-order valence-corrected chi connectivity index (χ2v) is 12.8. The number of fused-ring (bicyclic) bond motifs is 1. The van der Waals surface area contributed by atoms with Gasteiger partial charge in [-0.1, -0.05) is 31.4 Å². The number of halogens is 2. The van der Waals surface area contributed by atoms with Crippen LogP contribution in [0.25, 0.3) is 0 Å². The number of amides is 4. The van der Waals surface area contributed by atoms with Crippen LogP contribution in [-0.2, 0) is 23.9 Å². The van der Waals surface area contributed by atoms with E-state index in [0.717, 1.165) is 32.1 Å². The molecule has 12 heteroatoms. The smallest absolute Gasteiger partial charge is 0.408 e. The summed E-state index contributed by atoms with van der Waals surface area (Å²) in [5.41, 5.74) is 0. The van der Waals surface area contributed by atoms with Crippen LogP contribution in [0.5, 0.6) is 0 Å². The fourth-order valence-electron chi connectivity index (χ4n) is 5.88. The van der Waals surface area contributed by atoms with E-state index < -0.39 is 58.0 Å². The molecule has 2 aliphatic carbocycles. The molecular weight excluding hydrogens is 571 g/mol. The van der Waals surface area contributed by atoms with E-state index >= 15 is 0 Å². The number of nitrogens with one attached hydrogen (secondary N) is 3. The number of carbonyl (C=O) groups excluding carboxylic acids is 5. The van der Waals surface area contributed by atoms with Crippen LogP contribution in [0, 0.1) is 17.8 Å². The van der Waals surface area contributed by atoms with Crippen molar-refractivity contribution in [2.24, 2.45) is 17.8 Å². The van der Waals surface area contributed by atoms with Gasteiger partial charge in [-0.3, -0.25) is 19.2 Å². The molecule has 2 saturated carbocycles. The van der Waals surface area contributed by atoms with Gasteiger partial charge in [0.25, 0.3) is 5.91 Å². The Morgan fingerprint density at radius 2 is 1.68 bits per heavy atom. The maximum absolute atomic E-state index is 14.0. The number of rotatable bonds is 14. The highest BCUT2D eigenvalue weighted by Crippen LogP contribution is 2.65. The largest absolute Gasteiger partial charge is 0.447 e. The number of hydrogen-bond donors (Lipinski definition) is 3. The summed E-state index contributed by atoms with van der Waals surface area (Å²) >= 11 is 13.0. The fraction of sp³-hybridized carbons (Fsp3) is 0.690. The number of alkyl carbamates (subject to hydrolysis) is 1. The molecule has 0 aromatic rings. The first-order chi connectivity index (χ1) is 19.4. The minimum Gasteiger partial charge on any atom is -0.447 e. The number of ether oxygens (including phenoxy) is 1. The summed E-state index contributed by atoms with van der Waals surface area (Å²) < 4.78 is 4.06. The molecule has 5 atom stereocenters. The third-order valence-electron chi connectivity index (χ3n) is 8.04. The Morgan fingerprint density at radius 3 is 2.29 bits per heavy atom. The van der Waals surface area contributed by atoms with Crippen molar-refractivity contribution >= 4 is 52.8 Å². The quantitative estimate of drug-likeness (QED) is 0.119. The van der Waals surface area contributed by atoms with Crippen molar-refractivity contribution in [1.29, 1.82) is 0 Å². The van der Waals surface area contributed by atoms with Crippen LogP contribution >= 0.6 is 23.2 Å². The van der Waals surface area contributed by atoms with E-state index in [1.165, 1.54) is 4.90 Å². The number of carbonyl (C=O) groups is 5. The van der Waals surface area contributed by atoms with Gasteiger partial charge < -0.3 is 25.6 Å². The van der Waals surface area contributed by atoms with E-state index in [9.17, 15) is 24.0 Å². The first-order valence-corrected chi connectivity index (χ1v) is 15.2. The highest BCUT2D eigenvalue weighted by Gasteiger charge is 2.74. The van der Waals surface area contributed by atoms with E-state index in [1.54, 1.807) is 26.0 Å². The zero-order valence-corrected chi connectivity index (χ0v) is 25.3. The Bertz CT molecular complexity index is 1030. The molecule has 5 unspecified atom stereocenters. The molecule has 10 nitrogen and oxygen atoms in total. The van der Waals surface area contributed by atoms with Crippen molar-refractivity contribution < 1.29 is 28.7 Å². The van der Waals surface area contributed by atoms with Crippen molar-refractivity contribution in [2.75, 3.05) is 13.1 Å². The molecule has 228 valence electrons. The predicted molar refractivity (Wildman–Crippen MR) is 156 cm³/mol. The summed E-state index contributed by atoms with van der Waals surface area (Å²) in [4.78, 5) is 67.3. The topological polar surface area (TPSA) is 134 Å². The molecule has 0 bridgehead atoms. The second kappa shape index (κ2) is 14.5. The maximum atomic E-state index is 14.0. The highest BCUT2D eigenvalue weighted by atomic mass is 35.5. The van der Waals surface area contributed by atoms with Gasteiger partial charge in [-0.05, 0) is 51.9 Å². The van der Waals surface area contributed by atoms with Gasteiger partial charge in [0, 0.05) is 24.9 Å². The van der Waals surface area contributed by atoms with Gasteiger partial charge in [-0.25, -0.2) is 4.79 Å². The van der Waals surface area contributed by atoms with Crippen molar-refractivity contribution in [1.82, 2.24) is 20.9 Å². The molecule has 1 heterocycles. The van der Waals surface area contributed by atoms with Gasteiger partial charge in [0.05, 0.1) is 12.1 Å². The SMILES string of the molecule is C=CCCNC(=O)C(=O)C(CCC=C)NC(=O)C1C2C(CN1C(=O)C(NC(=O)OC(C)C)C1CCCCC1)C2(Cl)Cl. The Kier molecular flexibility index (Phi) is 11.7. The molecular formula is C29H42Cl2N4O6. The number of Topliss-reactive ketones (excluding diaryl/α,β-unsaturated/α-hetero) is 1. The van der Waals surface area contributed by atoms with E-state index in [0.29, 0.717) is 12.8 Å². The summed E-state index contributed by atoms with van der Waals surface area (Å²) in [6.07, 6.45) is 7.55. The molecule has 41 heavy (non-hydrogen) atoms. The lowest BCUT2D eigenvalue weighted by molar-refractivity contribution is -0.144. The molecule has 0 aromatic carbocycles. The maximum Gasteiger partial charge on any atom is 0.408 e. The first-order valence-electron chi connectivity index (χ1n) is 14.4. The van der Waals surface area contributed by atoms with Gasteiger partial charge in [0.15, 0.2) is 0 Å². The number of nitrogens with zero attached hydrogens (tertiary/aromatic N) is 1. The minimum atomic E-state index is -1.20. The summed E-state index contributed by atoms with van der Waals surface area (Å²) in [5.74, 6) is -3.67. The van der Waals surface area contributed by atoms with Gasteiger partial charge in [-0.2, -0.15) is 0 Å². The van der Waals surface area contributed by atoms with Crippen LogP contribution in [-0.4, -0.2) is 76.2 Å². The van der Waals surface area contributed by atoms with Crippen molar-refractivity contribution in [2.45, 2.75) is 93.8 Å². The van der Waals surface area contributed by atoms with Crippen LogP contribution in [0.2, 0.25) is 0 Å². The molecule has 3 N–H and O–H groups in total. The molecule has 1 saturated heterocycles. The van der Waals surface area contributed by atoms with Crippen molar-refractivity contribution in [3.8, 4) is 0 Å². The Balaban J connectivity index is 1.82. The van der Waals surface area contributed by atoms with Gasteiger partial charge in [-0.15, -0.1) is 36.4 Å². The van der Waals surface area contributed by atoms with E-state index in [4.69, 9.17) is 27.9 Å². The lowest BCUT2D eigenvalue weighted by atomic mass is 9.83. The third kappa shape index (κ3) is 8.03. The van der Waals surface area contributed by atoms with E-state index in [-0.39, 0.29) is 37.5 Å². The van der Waals surface area contributed by atoms with E-state index in [1.807, 2.05) is 0 Å². The standard InChI is InChI=1S/C29H42Cl2N4O6/c1-5-7-14-20(24(36)26(38)32-15-8-6-2)33-25(37)23-21-19(29(21,30)31)16-35(23)27(39)22(18-12-10-9-11-13-18)34-28(40)41-17(3)4/h5-6,17-23H,1-2,7-16H2,3-4H3,(H,32,38)(H,33,37)(H,34,40). The molecule has 0 spiro atoms. The highest BCUT2D eigenvalue weighted by molar-refractivity contribution is 6.51. The molecule has 0 aromatic heterocycles. The lowest BCUT2D eigenvalue weighted by Crippen LogP contribution is -2.59. The number of alkyl halides is 2. The van der Waals surface area contributed by atoms with Crippen LogP contribution < -0.4 is 16.0 Å². The monoisotopic (exact) mass is 612 g/mol. The molecule has 3 rings (SSSR count). The van der Waals surface area contributed by atoms with Gasteiger partial charge >= 0.3 is 6.09 Å². The van der Waals surface area contributed by atoms with Crippen LogP contribution in [0.4, 0.5) is 4.79 Å². The average molecular weight is 614 g/mol. The van der Waals surface area contributed by atoms with Crippen molar-refractivity contribution in [3.05, 3.63) is 25.3 Å². The molecule has 1 aliphatic heterocycles. The summed E-state index contributed by atoms with van der Waals surface area (Å²) in [6, 6.07) is -3.09. The first kappa shape index (κ1) is 32.9. The lowest BCUT2D eigenvalue weighted by Gasteiger charge is -2.36. The van der Waals surface area contributed by atoms with Gasteiger partial charge in [0.1, 0.15) is 16.4 Å². The summed E-state index contributed by atoms with van der Waals surface area (Å²) in [5, 5.41) is 7.97. The second-order valence-electron chi connectivity index (χ2n) is 11.3. The van der Waals surface area contributed by atoms with Gasteiger partial charge in [0.2, 0.25) is 17.6 Å². The van der Waals surface area contributed by atoms with Crippen LogP contribution in [0.1, 0.15) is 65.2 Å². The average Bonchev–Trinajstić information content (AvgIpc) is 3.24. The molecule has 3 aliphatic rings. The Morgan fingerprint density at radius 1 is 1.02 bits per heavy atom. The Hall–Kier alpha value is -2.59. The summed E-state index contributed by atoms with van der Waals surface area (Å²) in [6.45, 7) is 11.1. The normalized spacial score (nSPS) is 24.4. The molecule has 3 fully saturated rings. The number of likely N-dealkylation sites (tertiary alicyclic amines) is 1. The molecule has 4 amide bonds. The predicted octanol–water partition coefficient (Wildman–Crippen LogP) is 3.41. The third-order valence-corrected chi connectivity index (χ3v) is 9.10. The number of hydrogen-bond acceptors (Lipinski definition) is 6. The number of piperidine rings is 1. The van der Waals surface area contributed by atoms with Crippen LogP contribution in [0.3, 0.4) is 0 Å². The molecule has 0 radical (unpaired) electrons. The zero-order chi connectivity index (χ0) is 30.3. The zero-order valence-electron chi connectivity index (χ0n) is 23.8. The van der Waals surface area contributed by atoms with E-state index in [2.05, 4.69) is 29.1 Å². The number of ketones is 1. The van der Waals surface area contributed by atoms with Crippen LogP contribution in [0.15, 0.2) is 25.3 Å². The summed E-state index contributed by atoms with van der Waals surface area (Å²) in [7, 11) is 0. The number of allylic oxidation sites excluding steroid dienone is 1. The van der Waals surface area contributed by atoms with Crippen molar-refractivity contribution in [3.63, 3.8) is 0 Å². The minimum absolute atomic E-state index is 0.116.